The van der Waals surface area contributed by atoms with E-state index in [-0.39, 0.29) is 5.91 Å². The maximum atomic E-state index is 12.6. The molecule has 1 N–H and O–H groups in total. The molecular weight excluding hydrogens is 348 g/mol. The summed E-state index contributed by atoms with van der Waals surface area (Å²) in [6, 6.07) is 14.8. The van der Waals surface area contributed by atoms with E-state index < -0.39 is 0 Å². The lowest BCUT2D eigenvalue weighted by atomic mass is 10.1. The highest BCUT2D eigenvalue weighted by Crippen LogP contribution is 2.21. The van der Waals surface area contributed by atoms with Gasteiger partial charge in [0.15, 0.2) is 0 Å². The molecule has 3 aromatic rings. The third kappa shape index (κ3) is 4.40. The Hall–Kier alpha value is -2.86. The molecule has 5 nitrogen and oxygen atoms in total. The normalized spacial score (nSPS) is 10.4. The molecule has 0 saturated carbocycles. The van der Waals surface area contributed by atoms with Crippen LogP contribution in [-0.4, -0.2) is 18.0 Å². The fourth-order valence-electron chi connectivity index (χ4n) is 2.53. The number of thiazole rings is 1. The topological polar surface area (TPSA) is 60.5 Å². The third-order valence-electron chi connectivity index (χ3n) is 3.81. The summed E-state index contributed by atoms with van der Waals surface area (Å²) in [7, 11) is 1.62. The van der Waals surface area contributed by atoms with Crippen LogP contribution in [0.15, 0.2) is 53.9 Å². The Labute approximate surface area is 156 Å². The quantitative estimate of drug-likeness (QED) is 0.685. The predicted octanol–water partition coefficient (Wildman–Crippen LogP) is 3.97. The van der Waals surface area contributed by atoms with Crippen LogP contribution >= 0.6 is 11.3 Å². The zero-order chi connectivity index (χ0) is 18.4. The lowest BCUT2D eigenvalue weighted by Gasteiger charge is -2.12. The molecule has 26 heavy (non-hydrogen) atoms. The summed E-state index contributed by atoms with van der Waals surface area (Å²) >= 11 is 1.58. The number of aryl methyl sites for hydroxylation is 1. The van der Waals surface area contributed by atoms with E-state index in [1.165, 1.54) is 0 Å². The van der Waals surface area contributed by atoms with Gasteiger partial charge in [-0.05, 0) is 25.1 Å². The van der Waals surface area contributed by atoms with Gasteiger partial charge in [0, 0.05) is 17.5 Å². The summed E-state index contributed by atoms with van der Waals surface area (Å²) < 4.78 is 11.1. The molecule has 1 heterocycles. The molecule has 6 heteroatoms. The molecule has 0 atom stereocenters. The molecule has 2 aromatic carbocycles. The van der Waals surface area contributed by atoms with Gasteiger partial charge in [0.1, 0.15) is 18.1 Å². The number of hydrogen-bond acceptors (Lipinski definition) is 5. The molecular formula is C20H20N2O3S. The summed E-state index contributed by atoms with van der Waals surface area (Å²) in [6.45, 7) is 2.66. The molecule has 0 aliphatic rings. The summed E-state index contributed by atoms with van der Waals surface area (Å²) in [6.07, 6.45) is 0. The second-order valence-electron chi connectivity index (χ2n) is 5.64. The monoisotopic (exact) mass is 368 g/mol. The Kier molecular flexibility index (Phi) is 5.86. The Morgan fingerprint density at radius 3 is 2.58 bits per heavy atom. The number of rotatable bonds is 7. The average Bonchev–Trinajstić information content (AvgIpc) is 3.10. The van der Waals surface area contributed by atoms with Gasteiger partial charge < -0.3 is 14.8 Å². The predicted molar refractivity (Wildman–Crippen MR) is 102 cm³/mol. The van der Waals surface area contributed by atoms with Gasteiger partial charge in [-0.2, -0.15) is 0 Å². The third-order valence-corrected chi connectivity index (χ3v) is 4.63. The smallest absolute Gasteiger partial charge is 0.255 e. The van der Waals surface area contributed by atoms with E-state index in [9.17, 15) is 4.79 Å². The van der Waals surface area contributed by atoms with Crippen molar-refractivity contribution in [2.24, 2.45) is 0 Å². The largest absolute Gasteiger partial charge is 0.496 e. The number of nitrogens with one attached hydrogen (secondary N) is 1. The molecule has 1 aromatic heterocycles. The van der Waals surface area contributed by atoms with Crippen LogP contribution in [0.3, 0.4) is 0 Å². The minimum atomic E-state index is -0.194. The number of carbonyl (C=O) groups is 1. The standard InChI is InChI=1S/C20H20N2O3S/c1-14-22-16(13-26-14)12-25-19-10-6-4-8-17(19)20(23)21-11-15-7-3-5-9-18(15)24-2/h3-10,13H,11-12H2,1-2H3,(H,21,23). The zero-order valence-electron chi connectivity index (χ0n) is 14.7. The van der Waals surface area contributed by atoms with Crippen LogP contribution in [0.4, 0.5) is 0 Å². The van der Waals surface area contributed by atoms with Crippen molar-refractivity contribution in [2.45, 2.75) is 20.1 Å². The number of carbonyl (C=O) groups excluding carboxylic acids is 1. The Bertz CT molecular complexity index is 892. The van der Waals surface area contributed by atoms with Crippen molar-refractivity contribution in [2.75, 3.05) is 7.11 Å². The number of aromatic nitrogens is 1. The van der Waals surface area contributed by atoms with Gasteiger partial charge in [-0.1, -0.05) is 30.3 Å². The summed E-state index contributed by atoms with van der Waals surface area (Å²) in [5.41, 5.74) is 2.27. The fourth-order valence-corrected chi connectivity index (χ4v) is 3.12. The van der Waals surface area contributed by atoms with Crippen LogP contribution in [0.5, 0.6) is 11.5 Å². The van der Waals surface area contributed by atoms with Crippen molar-refractivity contribution in [3.05, 3.63) is 75.7 Å². The van der Waals surface area contributed by atoms with Gasteiger partial charge in [0.2, 0.25) is 0 Å². The highest BCUT2D eigenvalue weighted by Gasteiger charge is 2.13. The highest BCUT2D eigenvalue weighted by atomic mass is 32.1. The first-order chi connectivity index (χ1) is 12.7. The number of amides is 1. The van der Waals surface area contributed by atoms with E-state index in [0.29, 0.717) is 24.5 Å². The van der Waals surface area contributed by atoms with Gasteiger partial charge in [-0.15, -0.1) is 11.3 Å². The fraction of sp³-hybridized carbons (Fsp3) is 0.200. The second kappa shape index (κ2) is 8.49. The molecule has 134 valence electrons. The van der Waals surface area contributed by atoms with E-state index in [1.807, 2.05) is 48.7 Å². The highest BCUT2D eigenvalue weighted by molar-refractivity contribution is 7.09. The molecule has 0 aliphatic heterocycles. The molecule has 0 bridgehead atoms. The number of ether oxygens (including phenoxy) is 2. The van der Waals surface area contributed by atoms with Crippen LogP contribution in [0.25, 0.3) is 0 Å². The maximum absolute atomic E-state index is 12.6. The minimum absolute atomic E-state index is 0.194. The maximum Gasteiger partial charge on any atom is 0.255 e. The lowest BCUT2D eigenvalue weighted by molar-refractivity contribution is 0.0946. The van der Waals surface area contributed by atoms with Gasteiger partial charge in [0.05, 0.1) is 23.4 Å². The van der Waals surface area contributed by atoms with Crippen molar-refractivity contribution >= 4 is 17.2 Å². The Morgan fingerprint density at radius 1 is 1.12 bits per heavy atom. The molecule has 0 radical (unpaired) electrons. The van der Waals surface area contributed by atoms with E-state index in [0.717, 1.165) is 22.0 Å². The van der Waals surface area contributed by atoms with Gasteiger partial charge in [-0.3, -0.25) is 4.79 Å². The molecule has 3 rings (SSSR count). The first-order valence-electron chi connectivity index (χ1n) is 8.20. The number of methoxy groups -OCH3 is 1. The van der Waals surface area contributed by atoms with Crippen molar-refractivity contribution < 1.29 is 14.3 Å². The molecule has 1 amide bonds. The zero-order valence-corrected chi connectivity index (χ0v) is 15.5. The number of para-hydroxylation sites is 2. The van der Waals surface area contributed by atoms with E-state index in [4.69, 9.17) is 9.47 Å². The van der Waals surface area contributed by atoms with Crippen LogP contribution in [0.1, 0.15) is 26.6 Å². The van der Waals surface area contributed by atoms with E-state index >= 15 is 0 Å². The van der Waals surface area contributed by atoms with Crippen LogP contribution in [0.2, 0.25) is 0 Å². The van der Waals surface area contributed by atoms with Crippen LogP contribution < -0.4 is 14.8 Å². The van der Waals surface area contributed by atoms with Crippen molar-refractivity contribution in [1.82, 2.24) is 10.3 Å². The minimum Gasteiger partial charge on any atom is -0.496 e. The Morgan fingerprint density at radius 2 is 1.85 bits per heavy atom. The molecule has 0 saturated heterocycles. The molecule has 0 unspecified atom stereocenters. The van der Waals surface area contributed by atoms with Gasteiger partial charge >= 0.3 is 0 Å². The average molecular weight is 368 g/mol. The van der Waals surface area contributed by atoms with E-state index in [2.05, 4.69) is 10.3 Å². The second-order valence-corrected chi connectivity index (χ2v) is 6.70. The van der Waals surface area contributed by atoms with E-state index in [1.54, 1.807) is 30.6 Å². The van der Waals surface area contributed by atoms with Crippen LogP contribution in [-0.2, 0) is 13.2 Å². The molecule has 0 aliphatic carbocycles. The SMILES string of the molecule is COc1ccccc1CNC(=O)c1ccccc1OCc1csc(C)n1. The summed E-state index contributed by atoms with van der Waals surface area (Å²) in [5, 5.41) is 5.87. The van der Waals surface area contributed by atoms with Crippen molar-refractivity contribution in [1.29, 1.82) is 0 Å². The number of nitrogens with zero attached hydrogens (tertiary/aromatic N) is 1. The first-order valence-corrected chi connectivity index (χ1v) is 9.08. The van der Waals surface area contributed by atoms with Crippen LogP contribution in [0, 0.1) is 6.92 Å². The Balaban J connectivity index is 1.67. The van der Waals surface area contributed by atoms with Crippen molar-refractivity contribution in [3.8, 4) is 11.5 Å². The molecule has 0 spiro atoms. The number of hydrogen-bond donors (Lipinski definition) is 1. The lowest BCUT2D eigenvalue weighted by Crippen LogP contribution is -2.23. The summed E-state index contributed by atoms with van der Waals surface area (Å²) in [4.78, 5) is 17.0. The number of benzene rings is 2. The van der Waals surface area contributed by atoms with Gasteiger partial charge in [-0.25, -0.2) is 4.98 Å². The molecule has 0 fully saturated rings. The summed E-state index contributed by atoms with van der Waals surface area (Å²) in [5.74, 6) is 1.09. The first kappa shape index (κ1) is 17.9. The van der Waals surface area contributed by atoms with Gasteiger partial charge in [0.25, 0.3) is 5.91 Å². The van der Waals surface area contributed by atoms with Crippen molar-refractivity contribution in [3.63, 3.8) is 0 Å².